The first kappa shape index (κ1) is 30.1. The lowest BCUT2D eigenvalue weighted by molar-refractivity contribution is -0.0588. The summed E-state index contributed by atoms with van der Waals surface area (Å²) in [7, 11) is 1.63. The minimum Gasteiger partial charge on any atom is -0.394 e. The highest BCUT2D eigenvalue weighted by Gasteiger charge is 2.43. The Hall–Kier alpha value is -1.45. The van der Waals surface area contributed by atoms with E-state index < -0.39 is 17.5 Å². The summed E-state index contributed by atoms with van der Waals surface area (Å²) in [6.07, 6.45) is 9.81. The SMILES string of the molecule is COCCCCC(O)(c1cccc(Cl)c1F)C1CCCN(C(=O)NC(CO)C(N)CC2CCCCC2)C1. The Morgan fingerprint density at radius 1 is 1.27 bits per heavy atom. The summed E-state index contributed by atoms with van der Waals surface area (Å²) in [5.41, 5.74) is 5.12. The van der Waals surface area contributed by atoms with E-state index in [1.165, 1.54) is 25.3 Å². The molecule has 1 aromatic rings. The fourth-order valence-corrected chi connectivity index (χ4v) is 6.27. The maximum atomic E-state index is 15.1. The van der Waals surface area contributed by atoms with Crippen molar-refractivity contribution in [3.8, 4) is 0 Å². The largest absolute Gasteiger partial charge is 0.394 e. The van der Waals surface area contributed by atoms with Crippen LogP contribution in [0.2, 0.25) is 5.02 Å². The van der Waals surface area contributed by atoms with E-state index in [9.17, 15) is 15.0 Å². The van der Waals surface area contributed by atoms with Gasteiger partial charge >= 0.3 is 6.03 Å². The molecule has 5 N–H and O–H groups in total. The quantitative estimate of drug-likeness (QED) is 0.290. The topological polar surface area (TPSA) is 108 Å². The maximum absolute atomic E-state index is 15.1. The molecule has 7 nitrogen and oxygen atoms in total. The molecule has 4 atom stereocenters. The highest BCUT2D eigenvalue weighted by Crippen LogP contribution is 2.42. The molecule has 9 heteroatoms. The smallest absolute Gasteiger partial charge is 0.317 e. The van der Waals surface area contributed by atoms with E-state index in [-0.39, 0.29) is 41.7 Å². The molecule has 2 fully saturated rings. The Kier molecular flexibility index (Phi) is 11.9. The van der Waals surface area contributed by atoms with E-state index in [0.717, 1.165) is 25.7 Å². The number of benzene rings is 1. The van der Waals surface area contributed by atoms with Crippen molar-refractivity contribution in [1.29, 1.82) is 0 Å². The van der Waals surface area contributed by atoms with Crippen LogP contribution >= 0.6 is 11.6 Å². The predicted octanol–water partition coefficient (Wildman–Crippen LogP) is 4.56. The number of carbonyl (C=O) groups excluding carboxylic acids is 1. The summed E-state index contributed by atoms with van der Waals surface area (Å²) in [6.45, 7) is 1.12. The Bertz CT molecular complexity index is 857. The average molecular weight is 542 g/mol. The number of nitrogens with two attached hydrogens (primary N) is 1. The van der Waals surface area contributed by atoms with Crippen molar-refractivity contribution in [1.82, 2.24) is 10.2 Å². The molecule has 0 bridgehead atoms. The molecule has 3 rings (SSSR count). The van der Waals surface area contributed by atoms with Crippen LogP contribution in [0.15, 0.2) is 18.2 Å². The van der Waals surface area contributed by atoms with Crippen LogP contribution in [0.5, 0.6) is 0 Å². The van der Waals surface area contributed by atoms with Gasteiger partial charge in [-0.1, -0.05) is 55.8 Å². The standard InChI is InChI=1S/C28H45ClFN3O4/c1-37-16-6-5-14-28(36,22-12-7-13-23(29)26(22)30)21-11-8-15-33(18-21)27(35)32-25(19-34)24(31)17-20-9-3-2-4-10-20/h7,12-13,20-21,24-25,34,36H,2-6,8-11,14-19,31H2,1H3,(H,32,35). The Labute approximate surface area is 225 Å². The number of urea groups is 1. The Morgan fingerprint density at radius 3 is 2.73 bits per heavy atom. The lowest BCUT2D eigenvalue weighted by Gasteiger charge is -2.43. The van der Waals surface area contributed by atoms with Gasteiger partial charge in [-0.25, -0.2) is 9.18 Å². The second kappa shape index (κ2) is 14.6. The van der Waals surface area contributed by atoms with Crippen molar-refractivity contribution < 1.29 is 24.1 Å². The molecule has 1 heterocycles. The highest BCUT2D eigenvalue weighted by atomic mass is 35.5. The lowest BCUT2D eigenvalue weighted by Crippen LogP contribution is -2.57. The number of carbonyl (C=O) groups is 1. The zero-order chi connectivity index (χ0) is 26.8. The minimum atomic E-state index is -1.48. The van der Waals surface area contributed by atoms with Gasteiger partial charge in [-0.2, -0.15) is 0 Å². The van der Waals surface area contributed by atoms with Crippen LogP contribution < -0.4 is 11.1 Å². The number of hydrogen-bond acceptors (Lipinski definition) is 5. The number of aliphatic hydroxyl groups excluding tert-OH is 1. The van der Waals surface area contributed by atoms with Gasteiger partial charge in [0.15, 0.2) is 0 Å². The average Bonchev–Trinajstić information content (AvgIpc) is 2.91. The van der Waals surface area contributed by atoms with Gasteiger partial charge in [-0.05, 0) is 50.5 Å². The van der Waals surface area contributed by atoms with E-state index in [1.807, 2.05) is 0 Å². The number of unbranched alkanes of at least 4 members (excludes halogenated alkanes) is 1. The number of nitrogens with zero attached hydrogens (tertiary/aromatic N) is 1. The first-order valence-electron chi connectivity index (χ1n) is 13.9. The van der Waals surface area contributed by atoms with Crippen molar-refractivity contribution in [3.63, 3.8) is 0 Å². The van der Waals surface area contributed by atoms with Crippen LogP contribution in [-0.4, -0.2) is 66.6 Å². The van der Waals surface area contributed by atoms with Gasteiger partial charge in [0, 0.05) is 44.3 Å². The van der Waals surface area contributed by atoms with E-state index in [0.29, 0.717) is 44.8 Å². The van der Waals surface area contributed by atoms with E-state index in [1.54, 1.807) is 24.1 Å². The third kappa shape index (κ3) is 8.02. The van der Waals surface area contributed by atoms with Crippen LogP contribution in [0.4, 0.5) is 9.18 Å². The molecule has 1 aliphatic carbocycles. The third-order valence-electron chi connectivity index (χ3n) is 8.31. The molecular formula is C28H45ClFN3O4. The fraction of sp³-hybridized carbons (Fsp3) is 0.750. The molecule has 1 saturated heterocycles. The molecular weight excluding hydrogens is 497 g/mol. The van der Waals surface area contributed by atoms with Crippen molar-refractivity contribution in [3.05, 3.63) is 34.6 Å². The maximum Gasteiger partial charge on any atom is 0.317 e. The summed E-state index contributed by atoms with van der Waals surface area (Å²) in [4.78, 5) is 14.9. The second-order valence-electron chi connectivity index (χ2n) is 10.9. The molecule has 1 saturated carbocycles. The van der Waals surface area contributed by atoms with Gasteiger partial charge in [-0.15, -0.1) is 0 Å². The molecule has 4 unspecified atom stereocenters. The first-order valence-corrected chi connectivity index (χ1v) is 14.3. The van der Waals surface area contributed by atoms with E-state index in [2.05, 4.69) is 5.32 Å². The molecule has 1 aliphatic heterocycles. The number of ether oxygens (including phenoxy) is 1. The number of aliphatic hydroxyl groups is 2. The molecule has 37 heavy (non-hydrogen) atoms. The normalized spacial score (nSPS) is 22.3. The number of halogens is 2. The highest BCUT2D eigenvalue weighted by molar-refractivity contribution is 6.30. The summed E-state index contributed by atoms with van der Waals surface area (Å²) in [5.74, 6) is -0.449. The second-order valence-corrected chi connectivity index (χ2v) is 11.3. The van der Waals surface area contributed by atoms with E-state index in [4.69, 9.17) is 22.1 Å². The summed E-state index contributed by atoms with van der Waals surface area (Å²) in [6, 6.07) is 3.54. The first-order chi connectivity index (χ1) is 17.8. The number of rotatable bonds is 12. The Balaban J connectivity index is 1.70. The monoisotopic (exact) mass is 541 g/mol. The number of likely N-dealkylation sites (tertiary alicyclic amines) is 1. The molecule has 2 amide bonds. The number of hydrogen-bond donors (Lipinski definition) is 4. The fourth-order valence-electron chi connectivity index (χ4n) is 6.10. The van der Waals surface area contributed by atoms with Gasteiger partial charge in [0.1, 0.15) is 5.82 Å². The van der Waals surface area contributed by atoms with E-state index >= 15 is 4.39 Å². The van der Waals surface area contributed by atoms with Crippen molar-refractivity contribution in [2.45, 2.75) is 88.3 Å². The van der Waals surface area contributed by atoms with Crippen LogP contribution in [0.25, 0.3) is 0 Å². The van der Waals surface area contributed by atoms with Crippen molar-refractivity contribution in [2.24, 2.45) is 17.6 Å². The zero-order valence-corrected chi connectivity index (χ0v) is 22.9. The van der Waals surface area contributed by atoms with Gasteiger partial charge in [0.2, 0.25) is 0 Å². The zero-order valence-electron chi connectivity index (χ0n) is 22.1. The lowest BCUT2D eigenvalue weighted by atomic mass is 9.74. The number of piperidine rings is 1. The summed E-state index contributed by atoms with van der Waals surface area (Å²) in [5, 5.41) is 24.8. The molecule has 0 spiro atoms. The molecule has 2 aliphatic rings. The van der Waals surface area contributed by atoms with Crippen LogP contribution in [0, 0.1) is 17.7 Å². The minimum absolute atomic E-state index is 0.0315. The number of methoxy groups -OCH3 is 1. The van der Waals surface area contributed by atoms with Crippen molar-refractivity contribution in [2.75, 3.05) is 33.4 Å². The van der Waals surface area contributed by atoms with Gasteiger partial charge in [0.25, 0.3) is 0 Å². The third-order valence-corrected chi connectivity index (χ3v) is 8.60. The summed E-state index contributed by atoms with van der Waals surface area (Å²) < 4.78 is 20.3. The molecule has 210 valence electrons. The predicted molar refractivity (Wildman–Crippen MR) is 144 cm³/mol. The molecule has 0 radical (unpaired) electrons. The molecule has 1 aromatic carbocycles. The number of amides is 2. The van der Waals surface area contributed by atoms with Gasteiger partial charge < -0.3 is 30.9 Å². The van der Waals surface area contributed by atoms with Gasteiger partial charge in [0.05, 0.1) is 23.3 Å². The Morgan fingerprint density at radius 2 is 2.03 bits per heavy atom. The van der Waals surface area contributed by atoms with Crippen LogP contribution in [0.3, 0.4) is 0 Å². The van der Waals surface area contributed by atoms with Gasteiger partial charge in [-0.3, -0.25) is 0 Å². The van der Waals surface area contributed by atoms with Crippen molar-refractivity contribution >= 4 is 17.6 Å². The number of nitrogens with one attached hydrogen (secondary N) is 1. The van der Waals surface area contributed by atoms with Crippen LogP contribution in [0.1, 0.15) is 76.2 Å². The molecule has 0 aromatic heterocycles. The van der Waals surface area contributed by atoms with Crippen LogP contribution in [-0.2, 0) is 10.3 Å². The summed E-state index contributed by atoms with van der Waals surface area (Å²) >= 11 is 6.08.